The lowest BCUT2D eigenvalue weighted by Gasteiger charge is -2.22. The molecule has 2 heterocycles. The van der Waals surface area contributed by atoms with Gasteiger partial charge in [-0.3, -0.25) is 8.86 Å². The Kier molecular flexibility index (Phi) is 8.69. The number of aromatic nitrogens is 4. The molecule has 3 rings (SSSR count). The summed E-state index contributed by atoms with van der Waals surface area (Å²) in [7, 11) is 0. The molecule has 0 aliphatic rings. The summed E-state index contributed by atoms with van der Waals surface area (Å²) in [5.41, 5.74) is 1.27. The first-order valence-corrected chi connectivity index (χ1v) is 11.9. The van der Waals surface area contributed by atoms with Crippen molar-refractivity contribution < 1.29 is 18.2 Å². The number of halogens is 2. The second-order valence-electron chi connectivity index (χ2n) is 6.10. The first kappa shape index (κ1) is 23.5. The molecule has 2 aromatic heterocycles. The van der Waals surface area contributed by atoms with Gasteiger partial charge in [0.15, 0.2) is 5.82 Å². The summed E-state index contributed by atoms with van der Waals surface area (Å²) in [6.07, 6.45) is 5.14. The standard InChI is InChI=1S/C19H19Br2N5O4S/c1-2-7-26(31(27)28)17-16(13-3-5-14(20)6-4-13)18(25-12-24-17)29-8-9-30-19-22-10-15(21)11-23-19/h3-6,10-12H,2,7-9H2,1H3,(H,27,28). The molecule has 12 heteroatoms. The van der Waals surface area contributed by atoms with E-state index in [2.05, 4.69) is 51.8 Å². The molecule has 3 aromatic rings. The first-order valence-electron chi connectivity index (χ1n) is 9.22. The lowest BCUT2D eigenvalue weighted by Crippen LogP contribution is -2.28. The number of hydrogen-bond donors (Lipinski definition) is 1. The van der Waals surface area contributed by atoms with Crippen LogP contribution < -0.4 is 13.8 Å². The van der Waals surface area contributed by atoms with Gasteiger partial charge in [-0.25, -0.2) is 24.1 Å². The van der Waals surface area contributed by atoms with Gasteiger partial charge in [0.2, 0.25) is 5.88 Å². The molecule has 1 unspecified atom stereocenters. The Morgan fingerprint density at radius 1 is 1.00 bits per heavy atom. The van der Waals surface area contributed by atoms with Gasteiger partial charge in [0.1, 0.15) is 19.5 Å². The van der Waals surface area contributed by atoms with Crippen LogP contribution in [-0.4, -0.2) is 48.5 Å². The van der Waals surface area contributed by atoms with Crippen molar-refractivity contribution in [2.24, 2.45) is 0 Å². The number of nitrogens with zero attached hydrogens (tertiary/aromatic N) is 5. The molecule has 31 heavy (non-hydrogen) atoms. The molecule has 0 spiro atoms. The summed E-state index contributed by atoms with van der Waals surface area (Å²) in [5, 5.41) is 0. The van der Waals surface area contributed by atoms with Gasteiger partial charge < -0.3 is 9.47 Å². The van der Waals surface area contributed by atoms with Crippen molar-refractivity contribution in [3.63, 3.8) is 0 Å². The molecular weight excluding hydrogens is 554 g/mol. The van der Waals surface area contributed by atoms with Crippen LogP contribution in [0.1, 0.15) is 13.3 Å². The van der Waals surface area contributed by atoms with Crippen molar-refractivity contribution >= 4 is 48.9 Å². The third-order valence-electron chi connectivity index (χ3n) is 3.93. The topological polar surface area (TPSA) is 111 Å². The highest BCUT2D eigenvalue weighted by Gasteiger charge is 2.23. The minimum Gasteiger partial charge on any atom is -0.473 e. The third-order valence-corrected chi connectivity index (χ3v) is 5.60. The van der Waals surface area contributed by atoms with Crippen molar-refractivity contribution in [2.75, 3.05) is 24.1 Å². The maximum Gasteiger partial charge on any atom is 0.316 e. The van der Waals surface area contributed by atoms with E-state index in [-0.39, 0.29) is 25.1 Å². The summed E-state index contributed by atoms with van der Waals surface area (Å²) >= 11 is 4.43. The van der Waals surface area contributed by atoms with Crippen molar-refractivity contribution in [1.82, 2.24) is 19.9 Å². The molecule has 0 radical (unpaired) electrons. The van der Waals surface area contributed by atoms with Crippen molar-refractivity contribution in [2.45, 2.75) is 13.3 Å². The molecule has 1 atom stereocenters. The van der Waals surface area contributed by atoms with Gasteiger partial charge in [-0.1, -0.05) is 35.0 Å². The van der Waals surface area contributed by atoms with E-state index in [1.165, 1.54) is 10.6 Å². The van der Waals surface area contributed by atoms with Crippen LogP contribution in [0.2, 0.25) is 0 Å². The predicted octanol–water partition coefficient (Wildman–Crippen LogP) is 4.27. The second-order valence-corrected chi connectivity index (χ2v) is 8.83. The summed E-state index contributed by atoms with van der Waals surface area (Å²) in [4.78, 5) is 16.6. The van der Waals surface area contributed by atoms with Gasteiger partial charge in [-0.05, 0) is 40.0 Å². The Morgan fingerprint density at radius 2 is 1.68 bits per heavy atom. The molecule has 0 saturated carbocycles. The van der Waals surface area contributed by atoms with Crippen LogP contribution in [0.25, 0.3) is 11.1 Å². The zero-order valence-electron chi connectivity index (χ0n) is 16.4. The molecular formula is C19H19Br2N5O4S. The zero-order chi connectivity index (χ0) is 22.2. The number of rotatable bonds is 10. The first-order chi connectivity index (χ1) is 15.0. The molecule has 164 valence electrons. The summed E-state index contributed by atoms with van der Waals surface area (Å²) in [6.45, 7) is 2.60. The fourth-order valence-corrected chi connectivity index (χ4v) is 3.73. The Bertz CT molecular complexity index is 1020. The summed E-state index contributed by atoms with van der Waals surface area (Å²) in [6, 6.07) is 7.67. The lowest BCUT2D eigenvalue weighted by molar-refractivity contribution is 0.202. The molecule has 1 N–H and O–H groups in total. The largest absolute Gasteiger partial charge is 0.473 e. The minimum atomic E-state index is -2.25. The van der Waals surface area contributed by atoms with E-state index in [1.807, 2.05) is 31.2 Å². The van der Waals surface area contributed by atoms with Crippen molar-refractivity contribution in [3.05, 3.63) is 51.9 Å². The maximum atomic E-state index is 12.0. The van der Waals surface area contributed by atoms with Gasteiger partial charge in [0.25, 0.3) is 11.3 Å². The van der Waals surface area contributed by atoms with Gasteiger partial charge in [0, 0.05) is 23.4 Å². The van der Waals surface area contributed by atoms with E-state index in [1.54, 1.807) is 12.4 Å². The minimum absolute atomic E-state index is 0.162. The summed E-state index contributed by atoms with van der Waals surface area (Å²) in [5.74, 6) is 0.589. The van der Waals surface area contributed by atoms with Gasteiger partial charge in [0.05, 0.1) is 10.0 Å². The number of ether oxygens (including phenoxy) is 2. The number of benzene rings is 1. The smallest absolute Gasteiger partial charge is 0.316 e. The monoisotopic (exact) mass is 571 g/mol. The normalized spacial score (nSPS) is 11.7. The highest BCUT2D eigenvalue weighted by Crippen LogP contribution is 2.37. The van der Waals surface area contributed by atoms with Gasteiger partial charge >= 0.3 is 6.01 Å². The van der Waals surface area contributed by atoms with Crippen LogP contribution in [0.4, 0.5) is 5.82 Å². The summed E-state index contributed by atoms with van der Waals surface area (Å²) < 4.78 is 36.1. The molecule has 0 aliphatic heterocycles. The molecule has 0 saturated heterocycles. The van der Waals surface area contributed by atoms with E-state index < -0.39 is 11.3 Å². The molecule has 1 aromatic carbocycles. The molecule has 0 amide bonds. The van der Waals surface area contributed by atoms with E-state index in [9.17, 15) is 8.76 Å². The van der Waals surface area contributed by atoms with Crippen LogP contribution in [0.15, 0.2) is 51.9 Å². The quantitative estimate of drug-likeness (QED) is 0.283. The van der Waals surface area contributed by atoms with E-state index in [0.29, 0.717) is 24.3 Å². The van der Waals surface area contributed by atoms with Crippen LogP contribution >= 0.6 is 31.9 Å². The van der Waals surface area contributed by atoms with Gasteiger partial charge in [-0.2, -0.15) is 0 Å². The Labute approximate surface area is 198 Å². The molecule has 0 aliphatic carbocycles. The third kappa shape index (κ3) is 6.42. The van der Waals surface area contributed by atoms with Crippen LogP contribution in [0.5, 0.6) is 11.9 Å². The Hall–Kier alpha value is -2.15. The van der Waals surface area contributed by atoms with E-state index >= 15 is 0 Å². The van der Waals surface area contributed by atoms with Crippen LogP contribution in [-0.2, 0) is 11.3 Å². The molecule has 0 bridgehead atoms. The predicted molar refractivity (Wildman–Crippen MR) is 124 cm³/mol. The molecule has 0 fully saturated rings. The van der Waals surface area contributed by atoms with Crippen LogP contribution in [0.3, 0.4) is 0 Å². The fraction of sp³-hybridized carbons (Fsp3) is 0.263. The highest BCUT2D eigenvalue weighted by atomic mass is 79.9. The van der Waals surface area contributed by atoms with E-state index in [4.69, 9.17) is 9.47 Å². The highest BCUT2D eigenvalue weighted by molar-refractivity contribution is 9.10. The van der Waals surface area contributed by atoms with Gasteiger partial charge in [-0.15, -0.1) is 0 Å². The second kappa shape index (κ2) is 11.5. The SMILES string of the molecule is CCCN(c1ncnc(OCCOc2ncc(Br)cn2)c1-c1ccc(Br)cc1)S(=O)O. The van der Waals surface area contributed by atoms with Crippen molar-refractivity contribution in [1.29, 1.82) is 0 Å². The fourth-order valence-electron chi connectivity index (χ4n) is 2.64. The Morgan fingerprint density at radius 3 is 2.32 bits per heavy atom. The zero-order valence-corrected chi connectivity index (χ0v) is 20.4. The maximum absolute atomic E-state index is 12.0. The molecule has 9 nitrogen and oxygen atoms in total. The van der Waals surface area contributed by atoms with E-state index in [0.717, 1.165) is 14.5 Å². The average Bonchev–Trinajstić information content (AvgIpc) is 2.76. The van der Waals surface area contributed by atoms with Crippen LogP contribution in [0, 0.1) is 0 Å². The Balaban J connectivity index is 1.86. The lowest BCUT2D eigenvalue weighted by atomic mass is 10.1. The van der Waals surface area contributed by atoms with Crippen molar-refractivity contribution in [3.8, 4) is 23.0 Å². The number of anilines is 1. The number of hydrogen-bond acceptors (Lipinski definition) is 7. The average molecular weight is 573 g/mol.